The van der Waals surface area contributed by atoms with E-state index in [0.717, 1.165) is 17.0 Å². The molecule has 0 aliphatic rings. The van der Waals surface area contributed by atoms with Gasteiger partial charge in [-0.3, -0.25) is 0 Å². The summed E-state index contributed by atoms with van der Waals surface area (Å²) in [5.74, 6) is 0. The first-order chi connectivity index (χ1) is 8.84. The Morgan fingerprint density at radius 1 is 1.21 bits per heavy atom. The summed E-state index contributed by atoms with van der Waals surface area (Å²) in [7, 11) is 0. The van der Waals surface area contributed by atoms with Gasteiger partial charge < -0.3 is 5.32 Å². The fourth-order valence-electron chi connectivity index (χ4n) is 1.49. The van der Waals surface area contributed by atoms with Crippen LogP contribution in [0, 0.1) is 0 Å². The Morgan fingerprint density at radius 3 is 2.53 bits per heavy atom. The van der Waals surface area contributed by atoms with Crippen molar-refractivity contribution >= 4 is 44.6 Å². The molecule has 1 aromatic carbocycles. The van der Waals surface area contributed by atoms with Crippen molar-refractivity contribution in [2.24, 2.45) is 0 Å². The van der Waals surface area contributed by atoms with E-state index in [4.69, 9.17) is 11.6 Å². The molecule has 0 radical (unpaired) electrons. The topological polar surface area (TPSA) is 12.0 Å². The zero-order chi connectivity index (χ0) is 14.0. The van der Waals surface area contributed by atoms with E-state index in [0.29, 0.717) is 21.0 Å². The van der Waals surface area contributed by atoms with Gasteiger partial charge in [0.05, 0.1) is 9.90 Å². The van der Waals surface area contributed by atoms with Crippen molar-refractivity contribution in [1.29, 1.82) is 0 Å². The van der Waals surface area contributed by atoms with Crippen LogP contribution in [0.2, 0.25) is 4.34 Å². The van der Waals surface area contributed by atoms with E-state index in [1.54, 1.807) is 12.1 Å². The Balaban J connectivity index is 2.14. The lowest BCUT2D eigenvalue weighted by atomic mass is 10.2. The maximum atomic E-state index is 12.7. The molecule has 1 aromatic heterocycles. The minimum absolute atomic E-state index is 0.383. The van der Waals surface area contributed by atoms with Gasteiger partial charge >= 0.3 is 6.18 Å². The van der Waals surface area contributed by atoms with Gasteiger partial charge in [-0.25, -0.2) is 0 Å². The van der Waals surface area contributed by atoms with Crippen LogP contribution in [-0.2, 0) is 12.7 Å². The molecule has 0 bridgehead atoms. The van der Waals surface area contributed by atoms with Crippen molar-refractivity contribution in [3.8, 4) is 0 Å². The number of nitrogens with one attached hydrogen (secondary N) is 1. The van der Waals surface area contributed by atoms with Crippen molar-refractivity contribution in [2.75, 3.05) is 5.32 Å². The van der Waals surface area contributed by atoms with Crippen LogP contribution in [0.15, 0.2) is 34.8 Å². The van der Waals surface area contributed by atoms with Crippen LogP contribution in [0.4, 0.5) is 18.9 Å². The smallest absolute Gasteiger partial charge is 0.380 e. The lowest BCUT2D eigenvalue weighted by molar-refractivity contribution is -0.137. The van der Waals surface area contributed by atoms with Gasteiger partial charge in [0.25, 0.3) is 0 Å². The van der Waals surface area contributed by atoms with Gasteiger partial charge in [-0.1, -0.05) is 27.5 Å². The van der Waals surface area contributed by atoms with E-state index < -0.39 is 11.7 Å². The normalized spacial score (nSPS) is 11.6. The summed E-state index contributed by atoms with van der Waals surface area (Å²) in [6.07, 6.45) is -4.35. The SMILES string of the molecule is FC(F)(F)c1cc(Br)cc(NCc2ccc(Cl)s2)c1. The number of hydrogen-bond acceptors (Lipinski definition) is 2. The summed E-state index contributed by atoms with van der Waals surface area (Å²) in [6, 6.07) is 7.32. The molecule has 0 saturated carbocycles. The van der Waals surface area contributed by atoms with Gasteiger partial charge in [0.2, 0.25) is 0 Å². The molecular formula is C12H8BrClF3NS. The molecule has 0 unspecified atom stereocenters. The highest BCUT2D eigenvalue weighted by atomic mass is 79.9. The van der Waals surface area contributed by atoms with E-state index >= 15 is 0 Å². The highest BCUT2D eigenvalue weighted by Crippen LogP contribution is 2.33. The number of halogens is 5. The summed E-state index contributed by atoms with van der Waals surface area (Å²) in [5, 5.41) is 2.95. The lowest BCUT2D eigenvalue weighted by Crippen LogP contribution is -2.06. The summed E-state index contributed by atoms with van der Waals surface area (Å²) in [5.41, 5.74) is -0.278. The monoisotopic (exact) mass is 369 g/mol. The molecule has 0 atom stereocenters. The zero-order valence-corrected chi connectivity index (χ0v) is 12.6. The van der Waals surface area contributed by atoms with Crippen molar-refractivity contribution < 1.29 is 13.2 Å². The van der Waals surface area contributed by atoms with Crippen LogP contribution >= 0.6 is 38.9 Å². The van der Waals surface area contributed by atoms with Crippen LogP contribution in [-0.4, -0.2) is 0 Å². The summed E-state index contributed by atoms with van der Waals surface area (Å²) >= 11 is 10.3. The Labute approximate surface area is 125 Å². The predicted octanol–water partition coefficient (Wildman–Crippen LogP) is 5.79. The third-order valence-corrected chi connectivity index (χ3v) is 4.01. The van der Waals surface area contributed by atoms with E-state index in [1.165, 1.54) is 11.3 Å². The molecule has 1 nitrogen and oxygen atoms in total. The van der Waals surface area contributed by atoms with E-state index in [2.05, 4.69) is 21.2 Å². The number of anilines is 1. The molecule has 102 valence electrons. The van der Waals surface area contributed by atoms with Gasteiger partial charge in [-0.2, -0.15) is 13.2 Å². The first-order valence-corrected chi connectivity index (χ1v) is 7.19. The second-order valence-electron chi connectivity index (χ2n) is 3.79. The van der Waals surface area contributed by atoms with E-state index in [-0.39, 0.29) is 0 Å². The first kappa shape index (κ1) is 14.7. The van der Waals surface area contributed by atoms with Crippen LogP contribution in [0.25, 0.3) is 0 Å². The number of benzene rings is 1. The molecule has 1 N–H and O–H groups in total. The highest BCUT2D eigenvalue weighted by Gasteiger charge is 2.31. The fourth-order valence-corrected chi connectivity index (χ4v) is 3.01. The van der Waals surface area contributed by atoms with E-state index in [1.807, 2.05) is 6.07 Å². The molecule has 0 saturated heterocycles. The third kappa shape index (κ3) is 4.12. The van der Waals surface area contributed by atoms with Gasteiger partial charge in [-0.05, 0) is 30.3 Å². The van der Waals surface area contributed by atoms with Crippen LogP contribution in [0.5, 0.6) is 0 Å². The van der Waals surface area contributed by atoms with Gasteiger partial charge in [-0.15, -0.1) is 11.3 Å². The number of rotatable bonds is 3. The van der Waals surface area contributed by atoms with Crippen molar-refractivity contribution in [3.05, 3.63) is 49.6 Å². The summed E-state index contributed by atoms with van der Waals surface area (Å²) in [6.45, 7) is 0.436. The maximum absolute atomic E-state index is 12.7. The van der Waals surface area contributed by atoms with Crippen molar-refractivity contribution in [2.45, 2.75) is 12.7 Å². The molecule has 2 aromatic rings. The molecule has 0 spiro atoms. The fraction of sp³-hybridized carbons (Fsp3) is 0.167. The molecule has 2 rings (SSSR count). The zero-order valence-electron chi connectivity index (χ0n) is 9.39. The summed E-state index contributed by atoms with van der Waals surface area (Å²) in [4.78, 5) is 0.957. The van der Waals surface area contributed by atoms with Gasteiger partial charge in [0.1, 0.15) is 0 Å². The predicted molar refractivity (Wildman–Crippen MR) is 75.8 cm³/mol. The molecule has 1 heterocycles. The Kier molecular flexibility index (Phi) is 4.43. The van der Waals surface area contributed by atoms with Crippen molar-refractivity contribution in [3.63, 3.8) is 0 Å². The van der Waals surface area contributed by atoms with E-state index in [9.17, 15) is 13.2 Å². The highest BCUT2D eigenvalue weighted by molar-refractivity contribution is 9.10. The number of hydrogen-bond donors (Lipinski definition) is 1. The molecule has 0 aliphatic carbocycles. The Morgan fingerprint density at radius 2 is 1.95 bits per heavy atom. The third-order valence-electron chi connectivity index (χ3n) is 2.32. The standard InChI is InChI=1S/C12H8BrClF3NS/c13-8-3-7(12(15,16)17)4-9(5-8)18-6-10-1-2-11(14)19-10/h1-5,18H,6H2. The molecule has 0 fully saturated rings. The van der Waals surface area contributed by atoms with Crippen LogP contribution in [0.1, 0.15) is 10.4 Å². The Hall–Kier alpha value is -0.720. The van der Waals surface area contributed by atoms with Crippen LogP contribution in [0.3, 0.4) is 0 Å². The largest absolute Gasteiger partial charge is 0.416 e. The second kappa shape index (κ2) is 5.73. The van der Waals surface area contributed by atoms with Gasteiger partial charge in [0, 0.05) is 21.6 Å². The second-order valence-corrected chi connectivity index (χ2v) is 6.50. The maximum Gasteiger partial charge on any atom is 0.416 e. The molecule has 19 heavy (non-hydrogen) atoms. The minimum atomic E-state index is -4.35. The average molecular weight is 371 g/mol. The molecule has 7 heteroatoms. The Bertz CT molecular complexity index is 583. The quantitative estimate of drug-likeness (QED) is 0.720. The average Bonchev–Trinajstić information content (AvgIpc) is 2.71. The van der Waals surface area contributed by atoms with Crippen molar-refractivity contribution in [1.82, 2.24) is 0 Å². The summed E-state index contributed by atoms with van der Waals surface area (Å²) < 4.78 is 39.0. The van der Waals surface area contributed by atoms with Gasteiger partial charge in [0.15, 0.2) is 0 Å². The number of thiophene rings is 1. The molecule has 0 amide bonds. The number of alkyl halides is 3. The lowest BCUT2D eigenvalue weighted by Gasteiger charge is -2.11. The molecule has 0 aliphatic heterocycles. The first-order valence-electron chi connectivity index (χ1n) is 5.20. The molecular weight excluding hydrogens is 363 g/mol. The minimum Gasteiger partial charge on any atom is -0.380 e. The van der Waals surface area contributed by atoms with Crippen LogP contribution < -0.4 is 5.32 Å².